The van der Waals surface area contributed by atoms with Crippen LogP contribution in [-0.4, -0.2) is 20.9 Å². The molecule has 100 valence electrons. The van der Waals surface area contributed by atoms with Gasteiger partial charge in [0.2, 0.25) is 0 Å². The first-order valence-electron chi connectivity index (χ1n) is 6.23. The molecule has 1 N–H and O–H groups in total. The van der Waals surface area contributed by atoms with Crippen molar-refractivity contribution in [2.45, 2.75) is 32.6 Å². The molecule has 19 heavy (non-hydrogen) atoms. The van der Waals surface area contributed by atoms with E-state index in [4.69, 9.17) is 5.11 Å². The van der Waals surface area contributed by atoms with Gasteiger partial charge in [0.15, 0.2) is 0 Å². The summed E-state index contributed by atoms with van der Waals surface area (Å²) in [5.74, 6) is -0.795. The summed E-state index contributed by atoms with van der Waals surface area (Å²) in [5, 5.41) is 13.4. The maximum Gasteiger partial charge on any atom is 0.304 e. The molecule has 0 radical (unpaired) electrons. The number of aliphatic carboxylic acids is 1. The SMILES string of the molecule is Cc1cnn(-c2ccccc2C(C)(C)CC(=O)O)c1. The first-order chi connectivity index (χ1) is 8.90. The van der Waals surface area contributed by atoms with E-state index in [1.807, 2.05) is 51.2 Å². The van der Waals surface area contributed by atoms with Crippen LogP contribution >= 0.6 is 0 Å². The van der Waals surface area contributed by atoms with Crippen LogP contribution in [0.3, 0.4) is 0 Å². The summed E-state index contributed by atoms with van der Waals surface area (Å²) < 4.78 is 1.80. The van der Waals surface area contributed by atoms with Gasteiger partial charge in [0.05, 0.1) is 18.3 Å². The lowest BCUT2D eigenvalue weighted by molar-refractivity contribution is -0.138. The molecule has 0 aliphatic heterocycles. The summed E-state index contributed by atoms with van der Waals surface area (Å²) in [4.78, 5) is 11.0. The standard InChI is InChI=1S/C15H18N2O2/c1-11-9-16-17(10-11)13-7-5-4-6-12(13)15(2,3)8-14(18)19/h4-7,9-10H,8H2,1-3H3,(H,18,19). The molecule has 0 aliphatic rings. The Balaban J connectivity index is 2.50. The summed E-state index contributed by atoms with van der Waals surface area (Å²) in [6.45, 7) is 5.86. The van der Waals surface area contributed by atoms with E-state index < -0.39 is 11.4 Å². The molecular weight excluding hydrogens is 240 g/mol. The monoisotopic (exact) mass is 258 g/mol. The second kappa shape index (κ2) is 4.88. The largest absolute Gasteiger partial charge is 0.481 e. The highest BCUT2D eigenvalue weighted by Crippen LogP contribution is 2.31. The molecule has 4 heteroatoms. The van der Waals surface area contributed by atoms with Crippen LogP contribution in [0.5, 0.6) is 0 Å². The minimum absolute atomic E-state index is 0.0876. The fraction of sp³-hybridized carbons (Fsp3) is 0.333. The van der Waals surface area contributed by atoms with Crippen molar-refractivity contribution in [3.05, 3.63) is 47.8 Å². The average molecular weight is 258 g/mol. The Morgan fingerprint density at radius 1 is 1.37 bits per heavy atom. The molecule has 0 aliphatic carbocycles. The number of nitrogens with zero attached hydrogens (tertiary/aromatic N) is 2. The number of para-hydroxylation sites is 1. The van der Waals surface area contributed by atoms with Gasteiger partial charge in [-0.15, -0.1) is 0 Å². The summed E-state index contributed by atoms with van der Waals surface area (Å²) in [6.07, 6.45) is 3.82. The molecule has 1 aromatic heterocycles. The Morgan fingerprint density at radius 3 is 2.63 bits per heavy atom. The lowest BCUT2D eigenvalue weighted by atomic mass is 9.80. The predicted octanol–water partition coefficient (Wildman–Crippen LogP) is 2.93. The second-order valence-corrected chi connectivity index (χ2v) is 5.43. The third kappa shape index (κ3) is 2.84. The minimum Gasteiger partial charge on any atom is -0.481 e. The van der Waals surface area contributed by atoms with Crippen molar-refractivity contribution in [2.24, 2.45) is 0 Å². The van der Waals surface area contributed by atoms with Crippen molar-refractivity contribution < 1.29 is 9.90 Å². The molecule has 0 saturated heterocycles. The molecule has 4 nitrogen and oxygen atoms in total. The number of benzene rings is 1. The summed E-state index contributed by atoms with van der Waals surface area (Å²) >= 11 is 0. The zero-order valence-corrected chi connectivity index (χ0v) is 11.4. The molecule has 1 heterocycles. The quantitative estimate of drug-likeness (QED) is 0.917. The number of carbonyl (C=O) groups is 1. The minimum atomic E-state index is -0.795. The van der Waals surface area contributed by atoms with Crippen LogP contribution in [-0.2, 0) is 10.2 Å². The van der Waals surface area contributed by atoms with Gasteiger partial charge < -0.3 is 5.11 Å². The van der Waals surface area contributed by atoms with Crippen LogP contribution in [0, 0.1) is 6.92 Å². The first kappa shape index (κ1) is 13.3. The molecular formula is C15H18N2O2. The number of rotatable bonds is 4. The Labute approximate surface area is 112 Å². The van der Waals surface area contributed by atoms with Crippen LogP contribution in [0.2, 0.25) is 0 Å². The lowest BCUT2D eigenvalue weighted by Gasteiger charge is -2.25. The summed E-state index contributed by atoms with van der Waals surface area (Å²) in [6, 6.07) is 7.80. The Morgan fingerprint density at radius 2 is 2.05 bits per heavy atom. The number of hydrogen-bond donors (Lipinski definition) is 1. The molecule has 0 unspecified atom stereocenters. The summed E-state index contributed by atoms with van der Waals surface area (Å²) in [5.41, 5.74) is 2.55. The highest BCUT2D eigenvalue weighted by atomic mass is 16.4. The number of hydrogen-bond acceptors (Lipinski definition) is 2. The normalized spacial score (nSPS) is 11.5. The molecule has 0 fully saturated rings. The van der Waals surface area contributed by atoms with Crippen molar-refractivity contribution in [1.29, 1.82) is 0 Å². The van der Waals surface area contributed by atoms with E-state index in [0.29, 0.717) is 0 Å². The maximum absolute atomic E-state index is 11.0. The van der Waals surface area contributed by atoms with E-state index in [0.717, 1.165) is 16.8 Å². The Bertz CT molecular complexity index is 600. The van der Waals surface area contributed by atoms with Crippen molar-refractivity contribution in [3.63, 3.8) is 0 Å². The first-order valence-corrected chi connectivity index (χ1v) is 6.23. The van der Waals surface area contributed by atoms with E-state index in [1.54, 1.807) is 10.9 Å². The Kier molecular flexibility index (Phi) is 3.42. The third-order valence-corrected chi connectivity index (χ3v) is 3.18. The molecule has 0 saturated carbocycles. The maximum atomic E-state index is 11.0. The molecule has 1 aromatic carbocycles. The van der Waals surface area contributed by atoms with E-state index in [9.17, 15) is 4.79 Å². The number of aryl methyl sites for hydroxylation is 1. The van der Waals surface area contributed by atoms with Gasteiger partial charge in [0.1, 0.15) is 0 Å². The van der Waals surface area contributed by atoms with Crippen molar-refractivity contribution in [2.75, 3.05) is 0 Å². The van der Waals surface area contributed by atoms with Gasteiger partial charge in [0.25, 0.3) is 0 Å². The highest BCUT2D eigenvalue weighted by molar-refractivity contribution is 5.69. The zero-order valence-electron chi connectivity index (χ0n) is 11.4. The van der Waals surface area contributed by atoms with Crippen molar-refractivity contribution in [1.82, 2.24) is 9.78 Å². The van der Waals surface area contributed by atoms with Crippen LogP contribution in [0.15, 0.2) is 36.7 Å². The fourth-order valence-electron chi connectivity index (χ4n) is 2.26. The number of aromatic nitrogens is 2. The van der Waals surface area contributed by atoms with Crippen molar-refractivity contribution in [3.8, 4) is 5.69 Å². The smallest absolute Gasteiger partial charge is 0.304 e. The van der Waals surface area contributed by atoms with E-state index >= 15 is 0 Å². The van der Waals surface area contributed by atoms with Gasteiger partial charge in [-0.1, -0.05) is 32.0 Å². The van der Waals surface area contributed by atoms with E-state index in [1.165, 1.54) is 0 Å². The van der Waals surface area contributed by atoms with Crippen LogP contribution in [0.25, 0.3) is 5.69 Å². The zero-order chi connectivity index (χ0) is 14.0. The van der Waals surface area contributed by atoms with Crippen molar-refractivity contribution >= 4 is 5.97 Å². The topological polar surface area (TPSA) is 55.1 Å². The van der Waals surface area contributed by atoms with Crippen LogP contribution < -0.4 is 0 Å². The van der Waals surface area contributed by atoms with E-state index in [2.05, 4.69) is 5.10 Å². The van der Waals surface area contributed by atoms with Gasteiger partial charge in [-0.05, 0) is 24.1 Å². The second-order valence-electron chi connectivity index (χ2n) is 5.43. The third-order valence-electron chi connectivity index (χ3n) is 3.18. The van der Waals surface area contributed by atoms with Crippen LogP contribution in [0.1, 0.15) is 31.4 Å². The van der Waals surface area contributed by atoms with Gasteiger partial charge in [-0.2, -0.15) is 5.10 Å². The lowest BCUT2D eigenvalue weighted by Crippen LogP contribution is -2.23. The van der Waals surface area contributed by atoms with E-state index in [-0.39, 0.29) is 6.42 Å². The Hall–Kier alpha value is -2.10. The number of carboxylic acid groups (broad SMARTS) is 1. The molecule has 2 aromatic rings. The summed E-state index contributed by atoms with van der Waals surface area (Å²) in [7, 11) is 0. The predicted molar refractivity (Wildman–Crippen MR) is 73.6 cm³/mol. The molecule has 0 atom stereocenters. The van der Waals surface area contributed by atoms with Gasteiger partial charge >= 0.3 is 5.97 Å². The molecule has 0 bridgehead atoms. The molecule has 2 rings (SSSR count). The molecule has 0 amide bonds. The average Bonchev–Trinajstić information content (AvgIpc) is 2.74. The van der Waals surface area contributed by atoms with Gasteiger partial charge in [0, 0.05) is 11.6 Å². The molecule has 0 spiro atoms. The highest BCUT2D eigenvalue weighted by Gasteiger charge is 2.27. The fourth-order valence-corrected chi connectivity index (χ4v) is 2.26. The van der Waals surface area contributed by atoms with Gasteiger partial charge in [-0.3, -0.25) is 4.79 Å². The van der Waals surface area contributed by atoms with Crippen LogP contribution in [0.4, 0.5) is 0 Å². The number of carboxylic acids is 1. The van der Waals surface area contributed by atoms with Gasteiger partial charge in [-0.25, -0.2) is 4.68 Å².